The van der Waals surface area contributed by atoms with Gasteiger partial charge in [-0.05, 0) is 45.2 Å². The van der Waals surface area contributed by atoms with Crippen LogP contribution in [-0.4, -0.2) is 11.1 Å². The van der Waals surface area contributed by atoms with Gasteiger partial charge in [-0.2, -0.15) is 0 Å². The van der Waals surface area contributed by atoms with Crippen LogP contribution in [0.25, 0.3) is 11.1 Å². The number of carbonyl (C=O) groups is 1. The Bertz CT molecular complexity index is 711. The lowest BCUT2D eigenvalue weighted by molar-refractivity contribution is 0.0697. The van der Waals surface area contributed by atoms with Gasteiger partial charge in [-0.3, -0.25) is 0 Å². The summed E-state index contributed by atoms with van der Waals surface area (Å²) in [5.41, 5.74) is 4.66. The topological polar surface area (TPSA) is 37.3 Å². The van der Waals surface area contributed by atoms with Crippen molar-refractivity contribution in [2.24, 2.45) is 0 Å². The SMILES string of the molecule is CC(C)(C)c1ccc(-c2cc(C(=O)O)cc(C(C)(C)C)c2)cc1. The van der Waals surface area contributed by atoms with Crippen molar-refractivity contribution in [3.05, 3.63) is 59.2 Å². The lowest BCUT2D eigenvalue weighted by Gasteiger charge is -2.22. The summed E-state index contributed by atoms with van der Waals surface area (Å²) < 4.78 is 0. The molecule has 0 aliphatic rings. The molecule has 2 aromatic rings. The average molecular weight is 310 g/mol. The minimum Gasteiger partial charge on any atom is -0.478 e. The Kier molecular flexibility index (Phi) is 4.39. The summed E-state index contributed by atoms with van der Waals surface area (Å²) in [6.07, 6.45) is 0. The van der Waals surface area contributed by atoms with Crippen LogP contribution >= 0.6 is 0 Å². The first-order chi connectivity index (χ1) is 10.5. The van der Waals surface area contributed by atoms with E-state index in [4.69, 9.17) is 0 Å². The maximum Gasteiger partial charge on any atom is 0.335 e. The van der Waals surface area contributed by atoms with E-state index in [1.807, 2.05) is 0 Å². The van der Waals surface area contributed by atoms with Crippen LogP contribution in [0.2, 0.25) is 0 Å². The summed E-state index contributed by atoms with van der Waals surface area (Å²) >= 11 is 0. The number of carboxylic acid groups (broad SMARTS) is 1. The highest BCUT2D eigenvalue weighted by molar-refractivity contribution is 5.90. The first-order valence-electron chi connectivity index (χ1n) is 7.98. The molecule has 23 heavy (non-hydrogen) atoms. The second kappa shape index (κ2) is 5.84. The monoisotopic (exact) mass is 310 g/mol. The molecule has 0 saturated carbocycles. The van der Waals surface area contributed by atoms with E-state index in [1.54, 1.807) is 12.1 Å². The Hall–Kier alpha value is -2.09. The predicted octanol–water partition coefficient (Wildman–Crippen LogP) is 5.65. The van der Waals surface area contributed by atoms with Gasteiger partial charge in [0, 0.05) is 0 Å². The summed E-state index contributed by atoms with van der Waals surface area (Å²) in [4.78, 5) is 11.4. The fourth-order valence-electron chi connectivity index (χ4n) is 2.51. The van der Waals surface area contributed by atoms with E-state index in [-0.39, 0.29) is 10.8 Å². The molecule has 122 valence electrons. The lowest BCUT2D eigenvalue weighted by atomic mass is 9.83. The van der Waals surface area contributed by atoms with Gasteiger partial charge in [0.25, 0.3) is 0 Å². The van der Waals surface area contributed by atoms with Crippen molar-refractivity contribution in [3.63, 3.8) is 0 Å². The quantitative estimate of drug-likeness (QED) is 0.778. The Labute approximate surface area is 139 Å². The molecule has 1 N–H and O–H groups in total. The van der Waals surface area contributed by atoms with Crippen LogP contribution in [-0.2, 0) is 10.8 Å². The molecule has 0 fully saturated rings. The fraction of sp³-hybridized carbons (Fsp3) is 0.381. The standard InChI is InChI=1S/C21H26O2/c1-20(2,3)17-9-7-14(8-10-17)15-11-16(19(22)23)13-18(12-15)21(4,5)6/h7-13H,1-6H3,(H,22,23). The number of hydrogen-bond donors (Lipinski definition) is 1. The van der Waals surface area contributed by atoms with E-state index in [0.29, 0.717) is 5.56 Å². The average Bonchev–Trinajstić information content (AvgIpc) is 2.45. The van der Waals surface area contributed by atoms with Crippen molar-refractivity contribution in [1.82, 2.24) is 0 Å². The van der Waals surface area contributed by atoms with Gasteiger partial charge < -0.3 is 5.11 Å². The van der Waals surface area contributed by atoms with E-state index >= 15 is 0 Å². The molecular formula is C21H26O2. The van der Waals surface area contributed by atoms with Crippen molar-refractivity contribution in [2.75, 3.05) is 0 Å². The summed E-state index contributed by atoms with van der Waals surface area (Å²) in [5.74, 6) is -0.885. The Morgan fingerprint density at radius 3 is 1.70 bits per heavy atom. The number of benzene rings is 2. The minimum absolute atomic E-state index is 0.0917. The van der Waals surface area contributed by atoms with Crippen LogP contribution in [0.3, 0.4) is 0 Å². The second-order valence-electron chi connectivity index (χ2n) is 8.18. The normalized spacial score (nSPS) is 12.3. The summed E-state index contributed by atoms with van der Waals surface area (Å²) in [6.45, 7) is 12.8. The molecule has 2 aromatic carbocycles. The van der Waals surface area contributed by atoms with Crippen LogP contribution in [0.15, 0.2) is 42.5 Å². The summed E-state index contributed by atoms with van der Waals surface area (Å²) in [7, 11) is 0. The lowest BCUT2D eigenvalue weighted by Crippen LogP contribution is -2.13. The Morgan fingerprint density at radius 1 is 0.739 bits per heavy atom. The zero-order valence-corrected chi connectivity index (χ0v) is 14.9. The van der Waals surface area contributed by atoms with Crippen molar-refractivity contribution in [1.29, 1.82) is 0 Å². The first-order valence-corrected chi connectivity index (χ1v) is 7.98. The highest BCUT2D eigenvalue weighted by Crippen LogP contribution is 2.31. The van der Waals surface area contributed by atoms with Crippen LogP contribution in [0.4, 0.5) is 0 Å². The third-order valence-electron chi connectivity index (χ3n) is 4.13. The van der Waals surface area contributed by atoms with Crippen LogP contribution < -0.4 is 0 Å². The molecule has 0 aliphatic heterocycles. The number of carboxylic acids is 1. The minimum atomic E-state index is -0.885. The third-order valence-corrected chi connectivity index (χ3v) is 4.13. The highest BCUT2D eigenvalue weighted by Gasteiger charge is 2.18. The molecule has 0 heterocycles. The van der Waals surface area contributed by atoms with E-state index in [2.05, 4.69) is 71.9 Å². The molecule has 0 bridgehead atoms. The maximum atomic E-state index is 11.4. The number of aromatic carboxylic acids is 1. The van der Waals surface area contributed by atoms with E-state index < -0.39 is 5.97 Å². The molecule has 0 amide bonds. The van der Waals surface area contributed by atoms with Crippen molar-refractivity contribution < 1.29 is 9.90 Å². The van der Waals surface area contributed by atoms with E-state index in [0.717, 1.165) is 16.7 Å². The molecule has 0 saturated heterocycles. The first kappa shape index (κ1) is 17.3. The molecule has 2 heteroatoms. The summed E-state index contributed by atoms with van der Waals surface area (Å²) in [6, 6.07) is 14.0. The summed E-state index contributed by atoms with van der Waals surface area (Å²) in [5, 5.41) is 9.40. The van der Waals surface area contributed by atoms with Crippen molar-refractivity contribution in [3.8, 4) is 11.1 Å². The predicted molar refractivity (Wildman–Crippen MR) is 96.2 cm³/mol. The molecule has 2 nitrogen and oxygen atoms in total. The van der Waals surface area contributed by atoms with Gasteiger partial charge in [-0.1, -0.05) is 71.9 Å². The molecule has 0 radical (unpaired) electrons. The van der Waals surface area contributed by atoms with E-state index in [1.165, 1.54) is 5.56 Å². The van der Waals surface area contributed by atoms with Gasteiger partial charge in [0.05, 0.1) is 5.56 Å². The zero-order chi connectivity index (χ0) is 17.4. The molecule has 0 aromatic heterocycles. The van der Waals surface area contributed by atoms with Gasteiger partial charge in [-0.25, -0.2) is 4.79 Å². The largest absolute Gasteiger partial charge is 0.478 e. The Balaban J connectivity index is 2.54. The van der Waals surface area contributed by atoms with Crippen molar-refractivity contribution in [2.45, 2.75) is 52.4 Å². The van der Waals surface area contributed by atoms with Gasteiger partial charge in [0.15, 0.2) is 0 Å². The Morgan fingerprint density at radius 2 is 1.26 bits per heavy atom. The van der Waals surface area contributed by atoms with Crippen molar-refractivity contribution >= 4 is 5.97 Å². The molecule has 0 unspecified atom stereocenters. The van der Waals surface area contributed by atoms with Gasteiger partial charge in [0.1, 0.15) is 0 Å². The molecule has 2 rings (SSSR count). The highest BCUT2D eigenvalue weighted by atomic mass is 16.4. The molecule has 0 atom stereocenters. The third kappa shape index (κ3) is 4.01. The van der Waals surface area contributed by atoms with Crippen LogP contribution in [0.5, 0.6) is 0 Å². The maximum absolute atomic E-state index is 11.4. The molecular weight excluding hydrogens is 284 g/mol. The van der Waals surface area contributed by atoms with Gasteiger partial charge >= 0.3 is 5.97 Å². The fourth-order valence-corrected chi connectivity index (χ4v) is 2.51. The molecule has 0 aliphatic carbocycles. The van der Waals surface area contributed by atoms with E-state index in [9.17, 15) is 9.90 Å². The molecule has 0 spiro atoms. The van der Waals surface area contributed by atoms with Gasteiger partial charge in [-0.15, -0.1) is 0 Å². The number of hydrogen-bond acceptors (Lipinski definition) is 1. The van der Waals surface area contributed by atoms with Gasteiger partial charge in [0.2, 0.25) is 0 Å². The van der Waals surface area contributed by atoms with Crippen LogP contribution in [0, 0.1) is 0 Å². The smallest absolute Gasteiger partial charge is 0.335 e. The van der Waals surface area contributed by atoms with Crippen LogP contribution in [0.1, 0.15) is 63.0 Å². The second-order valence-corrected chi connectivity index (χ2v) is 8.18. The zero-order valence-electron chi connectivity index (χ0n) is 14.9. The number of rotatable bonds is 2.